The van der Waals surface area contributed by atoms with E-state index in [0.29, 0.717) is 23.3 Å². The first-order valence-corrected chi connectivity index (χ1v) is 24.7. The van der Waals surface area contributed by atoms with Gasteiger partial charge in [-0.2, -0.15) is 0 Å². The SMILES string of the molecule is CC1(C)c2ccccc2-c2cc(-c3cc(-c4cccc(-c5cccc(-c6nc(-c7ccc(-c8ccccc8)cc7)nc(-c7cccc8c7-c7ccccc7C8(C)C)n6)c5)c4)nc(-c4ccccc4)n3)ccc21. The van der Waals surface area contributed by atoms with Crippen molar-refractivity contribution in [2.75, 3.05) is 0 Å². The highest BCUT2D eigenvalue weighted by molar-refractivity contribution is 5.92. The van der Waals surface area contributed by atoms with Crippen molar-refractivity contribution in [3.05, 3.63) is 247 Å². The van der Waals surface area contributed by atoms with Crippen LogP contribution in [0.25, 0.3) is 113 Å². The summed E-state index contributed by atoms with van der Waals surface area (Å²) in [5, 5.41) is 0. The molecule has 0 bridgehead atoms. The van der Waals surface area contributed by atoms with Crippen molar-refractivity contribution >= 4 is 0 Å². The molecule has 0 saturated heterocycles. The molecule has 0 aliphatic heterocycles. The van der Waals surface area contributed by atoms with Crippen LogP contribution in [0.3, 0.4) is 0 Å². The van der Waals surface area contributed by atoms with Gasteiger partial charge >= 0.3 is 0 Å². The third-order valence-corrected chi connectivity index (χ3v) is 15.0. The zero-order valence-corrected chi connectivity index (χ0v) is 40.6. The van der Waals surface area contributed by atoms with E-state index in [2.05, 4.69) is 228 Å². The molecule has 2 aromatic heterocycles. The van der Waals surface area contributed by atoms with Gasteiger partial charge in [-0.1, -0.05) is 228 Å². The fourth-order valence-corrected chi connectivity index (χ4v) is 11.2. The molecule has 11 aromatic rings. The first kappa shape index (κ1) is 43.1. The first-order valence-electron chi connectivity index (χ1n) is 24.7. The van der Waals surface area contributed by atoms with Crippen LogP contribution < -0.4 is 0 Å². The summed E-state index contributed by atoms with van der Waals surface area (Å²) in [5.74, 6) is 2.56. The van der Waals surface area contributed by atoms with Gasteiger partial charge in [0.15, 0.2) is 23.3 Å². The van der Waals surface area contributed by atoms with Crippen molar-refractivity contribution < 1.29 is 0 Å². The minimum atomic E-state index is -0.168. The largest absolute Gasteiger partial charge is 0.228 e. The Kier molecular flexibility index (Phi) is 10.1. The summed E-state index contributed by atoms with van der Waals surface area (Å²) in [6.45, 7) is 9.24. The number of rotatable bonds is 8. The van der Waals surface area contributed by atoms with Crippen LogP contribution in [0.4, 0.5) is 0 Å². The Labute approximate surface area is 420 Å². The van der Waals surface area contributed by atoms with E-state index in [0.717, 1.165) is 67.0 Å². The van der Waals surface area contributed by atoms with Gasteiger partial charge in [-0.3, -0.25) is 0 Å². The molecule has 0 spiro atoms. The summed E-state index contributed by atoms with van der Waals surface area (Å²) in [6.07, 6.45) is 0. The fraction of sp³-hybridized carbons (Fsp3) is 0.0896. The van der Waals surface area contributed by atoms with E-state index in [-0.39, 0.29) is 10.8 Å². The lowest BCUT2D eigenvalue weighted by Gasteiger charge is -2.21. The molecule has 0 radical (unpaired) electrons. The Bertz CT molecular complexity index is 3910. The average molecular weight is 924 g/mol. The van der Waals surface area contributed by atoms with Gasteiger partial charge in [-0.05, 0) is 91.0 Å². The molecule has 72 heavy (non-hydrogen) atoms. The highest BCUT2D eigenvalue weighted by Crippen LogP contribution is 2.52. The smallest absolute Gasteiger partial charge is 0.164 e. The van der Waals surface area contributed by atoms with Crippen molar-refractivity contribution in [1.29, 1.82) is 0 Å². The Balaban J connectivity index is 0.914. The predicted molar refractivity (Wildman–Crippen MR) is 294 cm³/mol. The summed E-state index contributed by atoms with van der Waals surface area (Å²) in [6, 6.07) is 79.4. The summed E-state index contributed by atoms with van der Waals surface area (Å²) in [4.78, 5) is 26.3. The number of fused-ring (bicyclic) bond motifs is 6. The number of hydrogen-bond acceptors (Lipinski definition) is 5. The maximum atomic E-state index is 5.34. The lowest BCUT2D eigenvalue weighted by Crippen LogP contribution is -2.14. The number of aromatic nitrogens is 5. The highest BCUT2D eigenvalue weighted by atomic mass is 15.0. The van der Waals surface area contributed by atoms with E-state index in [9.17, 15) is 0 Å². The molecule has 5 heteroatoms. The molecule has 5 nitrogen and oxygen atoms in total. The zero-order valence-electron chi connectivity index (χ0n) is 40.6. The second kappa shape index (κ2) is 16.9. The molecule has 2 heterocycles. The lowest BCUT2D eigenvalue weighted by molar-refractivity contribution is 0.660. The van der Waals surface area contributed by atoms with Crippen molar-refractivity contribution in [2.45, 2.75) is 38.5 Å². The second-order valence-electron chi connectivity index (χ2n) is 20.1. The van der Waals surface area contributed by atoms with Crippen LogP contribution >= 0.6 is 0 Å². The van der Waals surface area contributed by atoms with E-state index in [1.807, 2.05) is 24.3 Å². The van der Waals surface area contributed by atoms with Crippen LogP contribution in [-0.2, 0) is 10.8 Å². The molecule has 13 rings (SSSR count). The summed E-state index contributed by atoms with van der Waals surface area (Å²) >= 11 is 0. The zero-order chi connectivity index (χ0) is 48.6. The van der Waals surface area contributed by atoms with Crippen LogP contribution in [0.5, 0.6) is 0 Å². The molecule has 0 unspecified atom stereocenters. The molecule has 2 aliphatic carbocycles. The minimum absolute atomic E-state index is 0.0797. The Morgan fingerprint density at radius 1 is 0.236 bits per heavy atom. The van der Waals surface area contributed by atoms with Gasteiger partial charge in [-0.15, -0.1) is 0 Å². The maximum Gasteiger partial charge on any atom is 0.164 e. The van der Waals surface area contributed by atoms with E-state index >= 15 is 0 Å². The highest BCUT2D eigenvalue weighted by Gasteiger charge is 2.38. The van der Waals surface area contributed by atoms with Crippen LogP contribution in [0.15, 0.2) is 224 Å². The van der Waals surface area contributed by atoms with Gasteiger partial charge in [0, 0.05) is 44.2 Å². The van der Waals surface area contributed by atoms with Gasteiger partial charge in [0.2, 0.25) is 0 Å². The standard InChI is InChI=1S/C67H49N5/c1-66(2)55-29-13-11-26-51(55)54-40-49(36-37-57(54)66)60-41-59(68-62(69-60)44-20-9-6-10-21-44)48-24-15-22-46(38-48)47-23-16-25-50(39-47)64-70-63(45-34-32-43(33-35-45)42-18-7-5-8-19-42)71-65(72-64)53-28-17-31-58-61(53)52-27-12-14-30-56(52)67(58,3)4/h5-41H,1-4H3. The third kappa shape index (κ3) is 7.27. The van der Waals surface area contributed by atoms with E-state index in [4.69, 9.17) is 24.9 Å². The number of benzene rings is 9. The van der Waals surface area contributed by atoms with E-state index in [1.54, 1.807) is 0 Å². The van der Waals surface area contributed by atoms with Gasteiger partial charge in [0.25, 0.3) is 0 Å². The van der Waals surface area contributed by atoms with Gasteiger partial charge in [-0.25, -0.2) is 24.9 Å². The van der Waals surface area contributed by atoms with Gasteiger partial charge < -0.3 is 0 Å². The molecular formula is C67H49N5. The molecule has 0 atom stereocenters. The van der Waals surface area contributed by atoms with E-state index < -0.39 is 0 Å². The monoisotopic (exact) mass is 923 g/mol. The Morgan fingerprint density at radius 3 is 1.35 bits per heavy atom. The van der Waals surface area contributed by atoms with Crippen LogP contribution in [0.2, 0.25) is 0 Å². The first-order chi connectivity index (χ1) is 35.2. The molecule has 9 aromatic carbocycles. The lowest BCUT2D eigenvalue weighted by atomic mass is 9.82. The number of nitrogens with zero attached hydrogens (tertiary/aromatic N) is 5. The predicted octanol–water partition coefficient (Wildman–Crippen LogP) is 16.6. The summed E-state index contributed by atoms with van der Waals surface area (Å²) in [5.41, 5.74) is 21.9. The summed E-state index contributed by atoms with van der Waals surface area (Å²) in [7, 11) is 0. The van der Waals surface area contributed by atoms with Gasteiger partial charge in [0.1, 0.15) is 0 Å². The molecule has 342 valence electrons. The Hall–Kier alpha value is -8.93. The Morgan fingerprint density at radius 2 is 0.639 bits per heavy atom. The molecular weight excluding hydrogens is 875 g/mol. The topological polar surface area (TPSA) is 64.5 Å². The minimum Gasteiger partial charge on any atom is -0.228 e. The fourth-order valence-electron chi connectivity index (χ4n) is 11.2. The number of hydrogen-bond donors (Lipinski definition) is 0. The molecule has 0 fully saturated rings. The second-order valence-corrected chi connectivity index (χ2v) is 20.1. The van der Waals surface area contributed by atoms with Crippen LogP contribution in [0, 0.1) is 0 Å². The molecule has 0 saturated carbocycles. The average Bonchev–Trinajstić information content (AvgIpc) is 3.82. The van der Waals surface area contributed by atoms with E-state index in [1.165, 1.54) is 44.5 Å². The normalized spacial score (nSPS) is 13.5. The van der Waals surface area contributed by atoms with Crippen LogP contribution in [-0.4, -0.2) is 24.9 Å². The summed E-state index contributed by atoms with van der Waals surface area (Å²) < 4.78 is 0. The molecule has 2 aliphatic rings. The quantitative estimate of drug-likeness (QED) is 0.152. The maximum absolute atomic E-state index is 5.34. The van der Waals surface area contributed by atoms with Crippen molar-refractivity contribution in [2.24, 2.45) is 0 Å². The molecule has 0 amide bonds. The van der Waals surface area contributed by atoms with Crippen molar-refractivity contribution in [3.8, 4) is 113 Å². The van der Waals surface area contributed by atoms with Crippen molar-refractivity contribution in [3.63, 3.8) is 0 Å². The molecule has 0 N–H and O–H groups in total. The third-order valence-electron chi connectivity index (χ3n) is 15.0. The van der Waals surface area contributed by atoms with Crippen molar-refractivity contribution in [1.82, 2.24) is 24.9 Å². The van der Waals surface area contributed by atoms with Gasteiger partial charge in [0.05, 0.1) is 11.4 Å². The van der Waals surface area contributed by atoms with Crippen LogP contribution in [0.1, 0.15) is 49.9 Å².